The number of thioether (sulfide) groups is 1. The molecule has 0 spiro atoms. The molecule has 12 heteroatoms. The van der Waals surface area contributed by atoms with Crippen molar-refractivity contribution in [2.24, 2.45) is 0 Å². The molecule has 5 heterocycles. The van der Waals surface area contributed by atoms with Crippen LogP contribution in [0.5, 0.6) is 0 Å². The maximum atomic E-state index is 13.0. The molecule has 174 valence electrons. The van der Waals surface area contributed by atoms with Gasteiger partial charge in [0.25, 0.3) is 11.1 Å². The molecule has 2 N–H and O–H groups in total. The van der Waals surface area contributed by atoms with Crippen LogP contribution in [0.25, 0.3) is 17.4 Å². The fourth-order valence-electron chi connectivity index (χ4n) is 3.77. The first kappa shape index (κ1) is 21.9. The fourth-order valence-corrected chi connectivity index (χ4v) is 4.97. The smallest absolute Gasteiger partial charge is 0.254 e. The third-order valence-corrected chi connectivity index (χ3v) is 6.43. The summed E-state index contributed by atoms with van der Waals surface area (Å²) in [5.41, 5.74) is 1.21. The van der Waals surface area contributed by atoms with E-state index in [1.807, 2.05) is 6.92 Å². The summed E-state index contributed by atoms with van der Waals surface area (Å²) in [5.74, 6) is 1.25. The Hall–Kier alpha value is -3.93. The number of amides is 1. The minimum atomic E-state index is -0.323. The van der Waals surface area contributed by atoms with Gasteiger partial charge in [-0.2, -0.15) is 9.78 Å². The second-order valence-corrected chi connectivity index (χ2v) is 8.81. The highest BCUT2D eigenvalue weighted by molar-refractivity contribution is 7.99. The van der Waals surface area contributed by atoms with Crippen molar-refractivity contribution < 1.29 is 9.21 Å². The van der Waals surface area contributed by atoms with Crippen LogP contribution in [0.3, 0.4) is 0 Å². The van der Waals surface area contributed by atoms with Gasteiger partial charge in [-0.3, -0.25) is 23.9 Å². The van der Waals surface area contributed by atoms with Crippen LogP contribution in [-0.4, -0.2) is 41.0 Å². The van der Waals surface area contributed by atoms with Crippen molar-refractivity contribution in [3.63, 3.8) is 0 Å². The molecule has 0 bridgehead atoms. The molecule has 5 rings (SSSR count). The van der Waals surface area contributed by atoms with Crippen LogP contribution in [0.2, 0.25) is 0 Å². The second-order valence-electron chi connectivity index (χ2n) is 7.82. The number of aryl methyl sites for hydroxylation is 2. The van der Waals surface area contributed by atoms with Crippen LogP contribution in [-0.2, 0) is 11.2 Å². The molecular formula is C22H21N7O4S. The lowest BCUT2D eigenvalue weighted by Gasteiger charge is -2.14. The number of rotatable bonds is 6. The predicted molar refractivity (Wildman–Crippen MR) is 125 cm³/mol. The molecule has 0 saturated carbocycles. The van der Waals surface area contributed by atoms with Crippen molar-refractivity contribution in [2.75, 3.05) is 11.1 Å². The number of carbonyl (C=O) groups excluding carboxylic acids is 1. The number of aromatic nitrogens is 6. The minimum Gasteiger partial charge on any atom is -0.463 e. The SMILES string of the molecule is CCc1cc(=O)[nH]c(-n2nc(-c3ccco3)cc2NC(=O)CC2CSc3nc(C)cc(=O)n32)n1. The van der Waals surface area contributed by atoms with Crippen molar-refractivity contribution in [1.29, 1.82) is 0 Å². The van der Waals surface area contributed by atoms with E-state index in [-0.39, 0.29) is 35.4 Å². The molecule has 4 aromatic rings. The Bertz CT molecular complexity index is 1490. The van der Waals surface area contributed by atoms with Gasteiger partial charge in [0.1, 0.15) is 11.5 Å². The molecule has 0 aromatic carbocycles. The Labute approximate surface area is 197 Å². The van der Waals surface area contributed by atoms with E-state index in [0.29, 0.717) is 46.0 Å². The lowest BCUT2D eigenvalue weighted by molar-refractivity contribution is -0.116. The van der Waals surface area contributed by atoms with Crippen LogP contribution in [0.4, 0.5) is 5.82 Å². The van der Waals surface area contributed by atoms with Gasteiger partial charge >= 0.3 is 0 Å². The monoisotopic (exact) mass is 479 g/mol. The molecule has 1 aliphatic heterocycles. The Morgan fingerprint density at radius 3 is 2.91 bits per heavy atom. The maximum Gasteiger partial charge on any atom is 0.254 e. The fraction of sp³-hybridized carbons (Fsp3) is 0.273. The number of nitrogens with one attached hydrogen (secondary N) is 2. The van der Waals surface area contributed by atoms with Crippen molar-refractivity contribution >= 4 is 23.5 Å². The molecule has 0 saturated heterocycles. The van der Waals surface area contributed by atoms with Gasteiger partial charge in [-0.25, -0.2) is 9.97 Å². The van der Waals surface area contributed by atoms with Crippen LogP contribution in [0.1, 0.15) is 30.8 Å². The topological polar surface area (TPSA) is 141 Å². The van der Waals surface area contributed by atoms with E-state index >= 15 is 0 Å². The van der Waals surface area contributed by atoms with Crippen molar-refractivity contribution in [1.82, 2.24) is 29.3 Å². The van der Waals surface area contributed by atoms with Crippen molar-refractivity contribution in [3.05, 3.63) is 68.7 Å². The lowest BCUT2D eigenvalue weighted by atomic mass is 10.2. The molecule has 0 fully saturated rings. The van der Waals surface area contributed by atoms with Crippen molar-refractivity contribution in [2.45, 2.75) is 37.9 Å². The first-order chi connectivity index (χ1) is 16.4. The van der Waals surface area contributed by atoms with Crippen molar-refractivity contribution in [3.8, 4) is 17.4 Å². The van der Waals surface area contributed by atoms with Gasteiger partial charge in [0, 0.05) is 41.8 Å². The van der Waals surface area contributed by atoms with E-state index in [1.54, 1.807) is 29.7 Å². The first-order valence-electron chi connectivity index (χ1n) is 10.7. The van der Waals surface area contributed by atoms with Crippen LogP contribution < -0.4 is 16.4 Å². The number of hydrogen-bond donors (Lipinski definition) is 2. The number of carbonyl (C=O) groups is 1. The third kappa shape index (κ3) is 4.19. The Balaban J connectivity index is 1.46. The summed E-state index contributed by atoms with van der Waals surface area (Å²) >= 11 is 1.45. The molecule has 1 amide bonds. The Kier molecular flexibility index (Phi) is 5.65. The number of nitrogens with zero attached hydrogens (tertiary/aromatic N) is 5. The maximum absolute atomic E-state index is 13.0. The molecule has 4 aromatic heterocycles. The molecule has 1 aliphatic rings. The van der Waals surface area contributed by atoms with Crippen LogP contribution in [0.15, 0.2) is 55.8 Å². The van der Waals surface area contributed by atoms with Gasteiger partial charge in [-0.15, -0.1) is 0 Å². The predicted octanol–water partition coefficient (Wildman–Crippen LogP) is 2.32. The van der Waals surface area contributed by atoms with Crippen LogP contribution in [0, 0.1) is 6.92 Å². The molecule has 1 unspecified atom stereocenters. The highest BCUT2D eigenvalue weighted by Gasteiger charge is 2.28. The summed E-state index contributed by atoms with van der Waals surface area (Å²) < 4.78 is 8.37. The summed E-state index contributed by atoms with van der Waals surface area (Å²) in [6.45, 7) is 3.66. The zero-order valence-electron chi connectivity index (χ0n) is 18.4. The van der Waals surface area contributed by atoms with Crippen LogP contribution >= 0.6 is 11.8 Å². The number of anilines is 1. The molecule has 0 radical (unpaired) electrons. The zero-order chi connectivity index (χ0) is 23.8. The number of furan rings is 1. The summed E-state index contributed by atoms with van der Waals surface area (Å²) in [6.07, 6.45) is 2.16. The number of H-pyrrole nitrogens is 1. The zero-order valence-corrected chi connectivity index (χ0v) is 19.3. The average molecular weight is 480 g/mol. The number of aromatic amines is 1. The summed E-state index contributed by atoms with van der Waals surface area (Å²) in [6, 6.07) is 7.68. The van der Waals surface area contributed by atoms with E-state index in [1.165, 1.54) is 34.8 Å². The number of hydrogen-bond acceptors (Lipinski definition) is 8. The standard InChI is InChI=1S/C22H21N7O4S/c1-3-13-8-18(30)26-21(24-13)29-17(10-15(27-29)16-5-4-6-33-16)25-19(31)9-14-11-34-22-23-12(2)7-20(32)28(14)22/h4-8,10,14H,3,9,11H2,1-2H3,(H,25,31)(H,24,26,30). The molecule has 11 nitrogen and oxygen atoms in total. The van der Waals surface area contributed by atoms with Gasteiger partial charge < -0.3 is 9.73 Å². The van der Waals surface area contributed by atoms with E-state index in [4.69, 9.17) is 4.42 Å². The van der Waals surface area contributed by atoms with E-state index < -0.39 is 0 Å². The molecule has 0 aliphatic carbocycles. The second kappa shape index (κ2) is 8.78. The highest BCUT2D eigenvalue weighted by atomic mass is 32.2. The van der Waals surface area contributed by atoms with E-state index in [9.17, 15) is 14.4 Å². The van der Waals surface area contributed by atoms with Gasteiger partial charge in [0.15, 0.2) is 10.9 Å². The largest absolute Gasteiger partial charge is 0.463 e. The van der Waals surface area contributed by atoms with Gasteiger partial charge in [0.2, 0.25) is 11.9 Å². The van der Waals surface area contributed by atoms with E-state index in [2.05, 4.69) is 25.4 Å². The Morgan fingerprint density at radius 1 is 1.29 bits per heavy atom. The summed E-state index contributed by atoms with van der Waals surface area (Å²) in [5, 5.41) is 7.96. The summed E-state index contributed by atoms with van der Waals surface area (Å²) in [7, 11) is 0. The summed E-state index contributed by atoms with van der Waals surface area (Å²) in [4.78, 5) is 49.1. The Morgan fingerprint density at radius 2 is 2.15 bits per heavy atom. The first-order valence-corrected chi connectivity index (χ1v) is 11.7. The van der Waals surface area contributed by atoms with Gasteiger partial charge in [0.05, 0.1) is 12.3 Å². The van der Waals surface area contributed by atoms with Gasteiger partial charge in [-0.05, 0) is 25.5 Å². The normalized spacial score (nSPS) is 14.8. The van der Waals surface area contributed by atoms with E-state index in [0.717, 1.165) is 0 Å². The third-order valence-electron chi connectivity index (χ3n) is 5.33. The minimum absolute atomic E-state index is 0.0743. The quantitative estimate of drug-likeness (QED) is 0.402. The molecule has 1 atom stereocenters. The van der Waals surface area contributed by atoms with Gasteiger partial charge in [-0.1, -0.05) is 18.7 Å². The lowest BCUT2D eigenvalue weighted by Crippen LogP contribution is -2.28. The average Bonchev–Trinajstić information content (AvgIpc) is 3.53. The number of fused-ring (bicyclic) bond motifs is 1. The highest BCUT2D eigenvalue weighted by Crippen LogP contribution is 2.32. The molecule has 34 heavy (non-hydrogen) atoms. The molecular weight excluding hydrogens is 458 g/mol.